The van der Waals surface area contributed by atoms with Gasteiger partial charge in [-0.15, -0.1) is 5.10 Å². The van der Waals surface area contributed by atoms with E-state index in [0.717, 1.165) is 16.8 Å². The second kappa shape index (κ2) is 8.79. The summed E-state index contributed by atoms with van der Waals surface area (Å²) < 4.78 is 1.54. The number of aryl methyl sites for hydroxylation is 1. The number of phenolic OH excluding ortho intramolecular Hbond substituents is 1. The summed E-state index contributed by atoms with van der Waals surface area (Å²) in [7, 11) is 0. The average Bonchev–Trinajstić information content (AvgIpc) is 3.23. The average molecular weight is 417 g/mol. The van der Waals surface area contributed by atoms with Gasteiger partial charge in [-0.3, -0.25) is 4.79 Å². The van der Waals surface area contributed by atoms with Crippen molar-refractivity contribution in [1.82, 2.24) is 20.2 Å². The Morgan fingerprint density at radius 3 is 2.40 bits per heavy atom. The SMILES string of the molecule is Cc1ccc(NC(=O)C(Sc2nnnn2-c2ccc(O)cc2)c2ccccc2)cc1. The molecule has 8 heteroatoms. The van der Waals surface area contributed by atoms with E-state index in [-0.39, 0.29) is 11.7 Å². The molecule has 4 rings (SSSR count). The molecule has 0 fully saturated rings. The molecule has 30 heavy (non-hydrogen) atoms. The van der Waals surface area contributed by atoms with Gasteiger partial charge in [0.2, 0.25) is 11.1 Å². The molecule has 1 atom stereocenters. The lowest BCUT2D eigenvalue weighted by atomic mass is 10.1. The van der Waals surface area contributed by atoms with E-state index in [2.05, 4.69) is 20.8 Å². The second-order valence-electron chi connectivity index (χ2n) is 6.65. The van der Waals surface area contributed by atoms with Crippen LogP contribution in [0.15, 0.2) is 84.0 Å². The second-order valence-corrected chi connectivity index (χ2v) is 7.73. The molecule has 7 nitrogen and oxygen atoms in total. The fourth-order valence-corrected chi connectivity index (χ4v) is 3.85. The zero-order valence-electron chi connectivity index (χ0n) is 16.1. The van der Waals surface area contributed by atoms with Gasteiger partial charge in [-0.2, -0.15) is 4.68 Å². The van der Waals surface area contributed by atoms with Crippen molar-refractivity contribution >= 4 is 23.4 Å². The molecule has 0 saturated carbocycles. The standard InChI is InChI=1S/C22H19N5O2S/c1-15-7-9-17(10-8-15)23-21(29)20(16-5-3-2-4-6-16)30-22-24-25-26-27(22)18-11-13-19(28)14-12-18/h2-14,20,28H,1H3,(H,23,29). The smallest absolute Gasteiger partial charge is 0.242 e. The lowest BCUT2D eigenvalue weighted by molar-refractivity contribution is -0.115. The van der Waals surface area contributed by atoms with Crippen LogP contribution < -0.4 is 5.32 Å². The normalized spacial score (nSPS) is 11.8. The number of tetrazole rings is 1. The Labute approximate surface area is 177 Å². The Morgan fingerprint density at radius 1 is 1.00 bits per heavy atom. The summed E-state index contributed by atoms with van der Waals surface area (Å²) >= 11 is 1.26. The van der Waals surface area contributed by atoms with Crippen LogP contribution in [-0.2, 0) is 4.79 Å². The fraction of sp³-hybridized carbons (Fsp3) is 0.0909. The number of carbonyl (C=O) groups excluding carboxylic acids is 1. The molecule has 1 amide bonds. The number of thioether (sulfide) groups is 1. The number of nitrogens with one attached hydrogen (secondary N) is 1. The third kappa shape index (κ3) is 4.49. The number of hydrogen-bond acceptors (Lipinski definition) is 6. The molecule has 0 spiro atoms. The van der Waals surface area contributed by atoms with Gasteiger partial charge in [0, 0.05) is 5.69 Å². The van der Waals surface area contributed by atoms with Crippen LogP contribution in [0.1, 0.15) is 16.4 Å². The lowest BCUT2D eigenvalue weighted by Gasteiger charge is -2.16. The molecule has 4 aromatic rings. The van der Waals surface area contributed by atoms with Crippen LogP contribution in [0.3, 0.4) is 0 Å². The molecule has 0 aliphatic rings. The summed E-state index contributed by atoms with van der Waals surface area (Å²) in [6.45, 7) is 2.00. The third-order valence-electron chi connectivity index (χ3n) is 4.42. The number of rotatable bonds is 6. The van der Waals surface area contributed by atoms with Crippen molar-refractivity contribution < 1.29 is 9.90 Å². The minimum Gasteiger partial charge on any atom is -0.508 e. The van der Waals surface area contributed by atoms with Crippen molar-refractivity contribution in [2.75, 3.05) is 5.32 Å². The maximum Gasteiger partial charge on any atom is 0.242 e. The van der Waals surface area contributed by atoms with Crippen molar-refractivity contribution in [1.29, 1.82) is 0 Å². The van der Waals surface area contributed by atoms with Crippen molar-refractivity contribution in [3.05, 3.63) is 90.0 Å². The van der Waals surface area contributed by atoms with Gasteiger partial charge >= 0.3 is 0 Å². The molecule has 3 aromatic carbocycles. The summed E-state index contributed by atoms with van der Waals surface area (Å²) in [5.41, 5.74) is 3.37. The maximum atomic E-state index is 13.2. The van der Waals surface area contributed by atoms with E-state index >= 15 is 0 Å². The molecular formula is C22H19N5O2S. The maximum absolute atomic E-state index is 13.2. The molecule has 0 aliphatic carbocycles. The van der Waals surface area contributed by atoms with Crippen LogP contribution in [0.2, 0.25) is 0 Å². The quantitative estimate of drug-likeness (QED) is 0.458. The Bertz CT molecular complexity index is 1130. The van der Waals surface area contributed by atoms with Gasteiger partial charge in [0.05, 0.1) is 5.69 Å². The summed E-state index contributed by atoms with van der Waals surface area (Å²) in [5, 5.41) is 24.3. The molecule has 150 valence electrons. The van der Waals surface area contributed by atoms with Crippen LogP contribution in [0, 0.1) is 6.92 Å². The van der Waals surface area contributed by atoms with Gasteiger partial charge in [-0.05, 0) is 59.3 Å². The van der Waals surface area contributed by atoms with Crippen molar-refractivity contribution in [3.8, 4) is 11.4 Å². The first-order valence-electron chi connectivity index (χ1n) is 9.27. The Morgan fingerprint density at radius 2 is 1.70 bits per heavy atom. The topological polar surface area (TPSA) is 92.9 Å². The minimum atomic E-state index is -0.561. The molecular weight excluding hydrogens is 398 g/mol. The van der Waals surface area contributed by atoms with Crippen LogP contribution in [-0.4, -0.2) is 31.2 Å². The van der Waals surface area contributed by atoms with Gasteiger partial charge in [-0.25, -0.2) is 0 Å². The van der Waals surface area contributed by atoms with E-state index in [1.54, 1.807) is 28.9 Å². The van der Waals surface area contributed by atoms with Gasteiger partial charge in [-0.1, -0.05) is 59.8 Å². The first kappa shape index (κ1) is 19.7. The van der Waals surface area contributed by atoms with Crippen LogP contribution in [0.5, 0.6) is 5.75 Å². The number of aromatic nitrogens is 4. The van der Waals surface area contributed by atoms with E-state index in [0.29, 0.717) is 10.8 Å². The van der Waals surface area contributed by atoms with Crippen LogP contribution in [0.4, 0.5) is 5.69 Å². The Hall–Kier alpha value is -3.65. The molecule has 1 unspecified atom stereocenters. The predicted octanol–water partition coefficient (Wildman–Crippen LogP) is 4.15. The predicted molar refractivity (Wildman–Crippen MR) is 116 cm³/mol. The van der Waals surface area contributed by atoms with Gasteiger partial charge in [0.1, 0.15) is 11.0 Å². The van der Waals surface area contributed by atoms with Gasteiger partial charge in [0.25, 0.3) is 0 Å². The molecule has 1 heterocycles. The molecule has 0 aliphatic heterocycles. The summed E-state index contributed by atoms with van der Waals surface area (Å²) in [6, 6.07) is 23.7. The summed E-state index contributed by atoms with van der Waals surface area (Å²) in [6.07, 6.45) is 0. The number of anilines is 1. The highest BCUT2D eigenvalue weighted by molar-refractivity contribution is 8.00. The Balaban J connectivity index is 1.63. The monoisotopic (exact) mass is 417 g/mol. The van der Waals surface area contributed by atoms with E-state index < -0.39 is 5.25 Å². The lowest BCUT2D eigenvalue weighted by Crippen LogP contribution is -2.19. The molecule has 0 radical (unpaired) electrons. The van der Waals surface area contributed by atoms with Crippen LogP contribution >= 0.6 is 11.8 Å². The largest absolute Gasteiger partial charge is 0.508 e. The number of phenols is 1. The number of hydrogen-bond donors (Lipinski definition) is 2. The van der Waals surface area contributed by atoms with Gasteiger partial charge < -0.3 is 10.4 Å². The highest BCUT2D eigenvalue weighted by Gasteiger charge is 2.25. The Kier molecular flexibility index (Phi) is 5.76. The highest BCUT2D eigenvalue weighted by Crippen LogP contribution is 2.35. The van der Waals surface area contributed by atoms with E-state index in [1.807, 2.05) is 61.5 Å². The van der Waals surface area contributed by atoms with E-state index in [9.17, 15) is 9.90 Å². The molecule has 2 N–H and O–H groups in total. The minimum absolute atomic E-state index is 0.153. The summed E-state index contributed by atoms with van der Waals surface area (Å²) in [4.78, 5) is 13.2. The van der Waals surface area contributed by atoms with Crippen molar-refractivity contribution in [3.63, 3.8) is 0 Å². The number of nitrogens with zero attached hydrogens (tertiary/aromatic N) is 4. The molecule has 0 saturated heterocycles. The highest BCUT2D eigenvalue weighted by atomic mass is 32.2. The number of amides is 1. The van der Waals surface area contributed by atoms with Crippen molar-refractivity contribution in [2.24, 2.45) is 0 Å². The summed E-state index contributed by atoms with van der Waals surface area (Å²) in [5.74, 6) is -0.0176. The molecule has 0 bridgehead atoms. The van der Waals surface area contributed by atoms with Gasteiger partial charge in [0.15, 0.2) is 0 Å². The fourth-order valence-electron chi connectivity index (χ4n) is 2.86. The van der Waals surface area contributed by atoms with Crippen molar-refractivity contribution in [2.45, 2.75) is 17.3 Å². The third-order valence-corrected chi connectivity index (χ3v) is 5.61. The number of carbonyl (C=O) groups is 1. The molecule has 1 aromatic heterocycles. The first-order valence-corrected chi connectivity index (χ1v) is 10.1. The van der Waals surface area contributed by atoms with E-state index in [4.69, 9.17) is 0 Å². The van der Waals surface area contributed by atoms with E-state index in [1.165, 1.54) is 11.8 Å². The zero-order chi connectivity index (χ0) is 20.9. The zero-order valence-corrected chi connectivity index (χ0v) is 17.0. The van der Waals surface area contributed by atoms with Crippen LogP contribution in [0.25, 0.3) is 5.69 Å². The first-order chi connectivity index (χ1) is 14.6. The number of benzene rings is 3. The number of aromatic hydroxyl groups is 1.